The topological polar surface area (TPSA) is 52.3 Å². The molecule has 3 nitrogen and oxygen atoms in total. The van der Waals surface area contributed by atoms with E-state index in [-0.39, 0.29) is 11.2 Å². The number of ketones is 1. The monoisotopic (exact) mass is 233 g/mol. The minimum Gasteiger partial charge on any atom is -0.494 e. The van der Waals surface area contributed by atoms with Gasteiger partial charge in [-0.15, -0.1) is 0 Å². The second-order valence-electron chi connectivity index (χ2n) is 4.62. The molecule has 1 saturated carbocycles. The summed E-state index contributed by atoms with van der Waals surface area (Å²) in [7, 11) is 0. The maximum Gasteiger partial charge on any atom is 0.170 e. The Morgan fingerprint density at radius 3 is 2.41 bits per heavy atom. The van der Waals surface area contributed by atoms with E-state index in [9.17, 15) is 4.79 Å². The zero-order valence-corrected chi connectivity index (χ0v) is 10.2. The Balaban J connectivity index is 2.14. The van der Waals surface area contributed by atoms with Gasteiger partial charge in [0, 0.05) is 17.5 Å². The van der Waals surface area contributed by atoms with Crippen molar-refractivity contribution in [3.8, 4) is 5.75 Å². The molecular weight excluding hydrogens is 214 g/mol. The summed E-state index contributed by atoms with van der Waals surface area (Å²) in [4.78, 5) is 12.3. The van der Waals surface area contributed by atoms with Crippen LogP contribution in [0.15, 0.2) is 24.3 Å². The number of ether oxygens (including phenoxy) is 1. The third kappa shape index (κ3) is 2.20. The van der Waals surface area contributed by atoms with Gasteiger partial charge in [0.15, 0.2) is 5.78 Å². The first-order valence-corrected chi connectivity index (χ1v) is 6.19. The van der Waals surface area contributed by atoms with Crippen LogP contribution >= 0.6 is 0 Å². The number of hydrogen-bond acceptors (Lipinski definition) is 3. The summed E-state index contributed by atoms with van der Waals surface area (Å²) < 4.78 is 5.36. The highest BCUT2D eigenvalue weighted by Gasteiger charge is 2.42. The van der Waals surface area contributed by atoms with E-state index in [1.165, 1.54) is 0 Å². The van der Waals surface area contributed by atoms with Crippen LogP contribution in [0, 0.1) is 5.41 Å². The quantitative estimate of drug-likeness (QED) is 0.794. The van der Waals surface area contributed by atoms with Crippen molar-refractivity contribution in [1.82, 2.24) is 0 Å². The summed E-state index contributed by atoms with van der Waals surface area (Å²) >= 11 is 0. The molecule has 1 aliphatic rings. The van der Waals surface area contributed by atoms with E-state index in [4.69, 9.17) is 10.5 Å². The van der Waals surface area contributed by atoms with Gasteiger partial charge in [0.05, 0.1) is 6.61 Å². The zero-order valence-electron chi connectivity index (χ0n) is 10.2. The third-order valence-electron chi connectivity index (χ3n) is 3.61. The van der Waals surface area contributed by atoms with Crippen LogP contribution in [0.4, 0.5) is 0 Å². The van der Waals surface area contributed by atoms with Crippen LogP contribution < -0.4 is 10.5 Å². The summed E-state index contributed by atoms with van der Waals surface area (Å²) in [5, 5.41) is 0. The van der Waals surface area contributed by atoms with Gasteiger partial charge < -0.3 is 10.5 Å². The number of carbonyl (C=O) groups excluding carboxylic acids is 1. The minimum absolute atomic E-state index is 0.189. The molecule has 0 atom stereocenters. The van der Waals surface area contributed by atoms with E-state index >= 15 is 0 Å². The molecule has 0 radical (unpaired) electrons. The molecule has 2 rings (SSSR count). The van der Waals surface area contributed by atoms with Crippen LogP contribution in [-0.2, 0) is 0 Å². The van der Waals surface area contributed by atoms with E-state index in [0.717, 1.165) is 30.6 Å². The molecule has 1 aromatic rings. The third-order valence-corrected chi connectivity index (χ3v) is 3.61. The minimum atomic E-state index is -0.285. The van der Waals surface area contributed by atoms with Gasteiger partial charge in [-0.2, -0.15) is 0 Å². The molecule has 0 amide bonds. The lowest BCUT2D eigenvalue weighted by atomic mass is 9.64. The maximum atomic E-state index is 12.3. The molecule has 0 aromatic heterocycles. The maximum absolute atomic E-state index is 12.3. The Bertz CT molecular complexity index is 388. The van der Waals surface area contributed by atoms with Crippen LogP contribution in [0.1, 0.15) is 36.5 Å². The number of nitrogens with two attached hydrogens (primary N) is 1. The summed E-state index contributed by atoms with van der Waals surface area (Å²) in [6.07, 6.45) is 2.96. The highest BCUT2D eigenvalue weighted by atomic mass is 16.5. The van der Waals surface area contributed by atoms with Crippen LogP contribution in [0.2, 0.25) is 0 Å². The van der Waals surface area contributed by atoms with E-state index in [2.05, 4.69) is 0 Å². The van der Waals surface area contributed by atoms with Gasteiger partial charge in [0.25, 0.3) is 0 Å². The highest BCUT2D eigenvalue weighted by molar-refractivity contribution is 6.01. The summed E-state index contributed by atoms with van der Waals surface area (Å²) in [6, 6.07) is 7.37. The number of Topliss-reactive ketones (excluding diaryl/α,β-unsaturated/α-hetero) is 1. The molecule has 92 valence electrons. The van der Waals surface area contributed by atoms with Gasteiger partial charge >= 0.3 is 0 Å². The Kier molecular flexibility index (Phi) is 3.48. The van der Waals surface area contributed by atoms with Gasteiger partial charge in [-0.25, -0.2) is 0 Å². The molecule has 1 aromatic carbocycles. The van der Waals surface area contributed by atoms with Crippen molar-refractivity contribution < 1.29 is 9.53 Å². The molecular formula is C14H19NO2. The molecule has 0 spiro atoms. The average molecular weight is 233 g/mol. The lowest BCUT2D eigenvalue weighted by Gasteiger charge is -2.39. The molecule has 2 N–H and O–H groups in total. The van der Waals surface area contributed by atoms with Crippen molar-refractivity contribution >= 4 is 5.78 Å². The van der Waals surface area contributed by atoms with E-state index in [0.29, 0.717) is 13.2 Å². The van der Waals surface area contributed by atoms with Gasteiger partial charge in [-0.05, 0) is 44.0 Å². The zero-order chi connectivity index (χ0) is 12.3. The first-order chi connectivity index (χ1) is 8.22. The molecule has 0 heterocycles. The Morgan fingerprint density at radius 2 is 2.00 bits per heavy atom. The van der Waals surface area contributed by atoms with Crippen molar-refractivity contribution in [2.24, 2.45) is 11.1 Å². The molecule has 1 aliphatic carbocycles. The van der Waals surface area contributed by atoms with E-state index in [1.54, 1.807) is 0 Å². The SMILES string of the molecule is CCOc1ccc(C(=O)C2(CN)CCC2)cc1. The van der Waals surface area contributed by atoms with Crippen LogP contribution in [0.25, 0.3) is 0 Å². The predicted molar refractivity (Wildman–Crippen MR) is 67.3 cm³/mol. The van der Waals surface area contributed by atoms with Gasteiger partial charge in [0.1, 0.15) is 5.75 Å². The smallest absolute Gasteiger partial charge is 0.170 e. The average Bonchev–Trinajstić information content (AvgIpc) is 2.29. The first-order valence-electron chi connectivity index (χ1n) is 6.19. The van der Waals surface area contributed by atoms with Crippen molar-refractivity contribution in [3.63, 3.8) is 0 Å². The molecule has 3 heteroatoms. The Hall–Kier alpha value is -1.35. The summed E-state index contributed by atoms with van der Waals surface area (Å²) in [6.45, 7) is 3.04. The van der Waals surface area contributed by atoms with Crippen molar-refractivity contribution in [1.29, 1.82) is 0 Å². The van der Waals surface area contributed by atoms with Gasteiger partial charge in [-0.1, -0.05) is 6.42 Å². The Labute approximate surface area is 102 Å². The van der Waals surface area contributed by atoms with Crippen LogP contribution in [0.3, 0.4) is 0 Å². The normalized spacial score (nSPS) is 17.3. The van der Waals surface area contributed by atoms with Crippen LogP contribution in [-0.4, -0.2) is 18.9 Å². The summed E-state index contributed by atoms with van der Waals surface area (Å²) in [5.41, 5.74) is 6.20. The fraction of sp³-hybridized carbons (Fsp3) is 0.500. The predicted octanol–water partition coefficient (Wildman–Crippen LogP) is 2.40. The van der Waals surface area contributed by atoms with Crippen molar-refractivity contribution in [2.75, 3.05) is 13.2 Å². The van der Waals surface area contributed by atoms with Crippen molar-refractivity contribution in [2.45, 2.75) is 26.2 Å². The first kappa shape index (κ1) is 12.1. The molecule has 0 aliphatic heterocycles. The van der Waals surface area contributed by atoms with E-state index < -0.39 is 0 Å². The van der Waals surface area contributed by atoms with Crippen molar-refractivity contribution in [3.05, 3.63) is 29.8 Å². The second kappa shape index (κ2) is 4.88. The number of rotatable bonds is 5. The second-order valence-corrected chi connectivity index (χ2v) is 4.62. The highest BCUT2D eigenvalue weighted by Crippen LogP contribution is 2.42. The number of benzene rings is 1. The molecule has 1 fully saturated rings. The summed E-state index contributed by atoms with van der Waals surface area (Å²) in [5.74, 6) is 0.994. The van der Waals surface area contributed by atoms with Gasteiger partial charge in [0.2, 0.25) is 0 Å². The number of carbonyl (C=O) groups is 1. The van der Waals surface area contributed by atoms with E-state index in [1.807, 2.05) is 31.2 Å². The molecule has 17 heavy (non-hydrogen) atoms. The van der Waals surface area contributed by atoms with Crippen LogP contribution in [0.5, 0.6) is 5.75 Å². The molecule has 0 unspecified atom stereocenters. The molecule has 0 saturated heterocycles. The fourth-order valence-corrected chi connectivity index (χ4v) is 2.30. The Morgan fingerprint density at radius 1 is 1.35 bits per heavy atom. The number of hydrogen-bond donors (Lipinski definition) is 1. The fourth-order valence-electron chi connectivity index (χ4n) is 2.30. The van der Waals surface area contributed by atoms with Gasteiger partial charge in [-0.3, -0.25) is 4.79 Å². The lowest BCUT2D eigenvalue weighted by molar-refractivity contribution is 0.0636. The largest absolute Gasteiger partial charge is 0.494 e. The lowest BCUT2D eigenvalue weighted by Crippen LogP contribution is -2.44. The standard InChI is InChI=1S/C14H19NO2/c1-2-17-12-6-4-11(5-7-12)13(16)14(10-15)8-3-9-14/h4-7H,2-3,8-10,15H2,1H3. The molecule has 0 bridgehead atoms.